The number of carboxylic acid groups (broad SMARTS) is 1. The Labute approximate surface area is 177 Å². The summed E-state index contributed by atoms with van der Waals surface area (Å²) in [6, 6.07) is 10.0. The number of likely N-dealkylation sites (N-methyl/N-ethyl adjacent to an activating group) is 1. The van der Waals surface area contributed by atoms with Crippen LogP contribution >= 0.6 is 11.6 Å². The molecule has 1 aliphatic heterocycles. The highest BCUT2D eigenvalue weighted by Gasteiger charge is 2.21. The van der Waals surface area contributed by atoms with Crippen LogP contribution in [0.5, 0.6) is 0 Å². The molecular formula is C22H21ClFN3O3. The van der Waals surface area contributed by atoms with Gasteiger partial charge in [0.2, 0.25) is 5.43 Å². The van der Waals surface area contributed by atoms with Crippen LogP contribution in [0.25, 0.3) is 10.9 Å². The Hall–Kier alpha value is -2.90. The van der Waals surface area contributed by atoms with Gasteiger partial charge >= 0.3 is 5.97 Å². The zero-order chi connectivity index (χ0) is 21.4. The lowest BCUT2D eigenvalue weighted by Gasteiger charge is -2.34. The molecule has 0 spiro atoms. The van der Waals surface area contributed by atoms with Gasteiger partial charge in [-0.05, 0) is 30.8 Å². The maximum Gasteiger partial charge on any atom is 0.341 e. The van der Waals surface area contributed by atoms with Crippen molar-refractivity contribution in [2.24, 2.45) is 0 Å². The first-order valence-electron chi connectivity index (χ1n) is 9.62. The van der Waals surface area contributed by atoms with Crippen LogP contribution < -0.4 is 10.3 Å². The molecule has 1 saturated heterocycles. The predicted molar refractivity (Wildman–Crippen MR) is 115 cm³/mol. The van der Waals surface area contributed by atoms with E-state index >= 15 is 0 Å². The first-order chi connectivity index (χ1) is 14.3. The number of halogens is 2. The van der Waals surface area contributed by atoms with Crippen molar-refractivity contribution in [3.63, 3.8) is 0 Å². The summed E-state index contributed by atoms with van der Waals surface area (Å²) < 4.78 is 16.6. The van der Waals surface area contributed by atoms with Gasteiger partial charge in [-0.15, -0.1) is 0 Å². The number of anilines is 1. The quantitative estimate of drug-likeness (QED) is 0.689. The third-order valence-electron chi connectivity index (χ3n) is 5.52. The second-order valence-corrected chi connectivity index (χ2v) is 7.91. The molecule has 6 nitrogen and oxygen atoms in total. The number of aromatic carboxylic acids is 1. The normalized spacial score (nSPS) is 15.0. The average molecular weight is 430 g/mol. The Kier molecular flexibility index (Phi) is 5.49. The summed E-state index contributed by atoms with van der Waals surface area (Å²) in [5, 5.41) is 10.0. The molecule has 0 atom stereocenters. The highest BCUT2D eigenvalue weighted by Crippen LogP contribution is 2.27. The van der Waals surface area contributed by atoms with Gasteiger partial charge in [0.25, 0.3) is 0 Å². The van der Waals surface area contributed by atoms with E-state index in [2.05, 4.69) is 4.90 Å². The number of nitrogens with zero attached hydrogens (tertiary/aromatic N) is 3. The lowest BCUT2D eigenvalue weighted by atomic mass is 10.1. The van der Waals surface area contributed by atoms with Crippen molar-refractivity contribution >= 4 is 34.2 Å². The monoisotopic (exact) mass is 429 g/mol. The summed E-state index contributed by atoms with van der Waals surface area (Å²) in [6.07, 6.45) is 1.31. The van der Waals surface area contributed by atoms with Gasteiger partial charge in [-0.1, -0.05) is 29.8 Å². The number of fused-ring (bicyclic) bond motifs is 1. The van der Waals surface area contributed by atoms with E-state index in [4.69, 9.17) is 11.6 Å². The van der Waals surface area contributed by atoms with Crippen LogP contribution in [0.15, 0.2) is 47.4 Å². The Morgan fingerprint density at radius 3 is 2.53 bits per heavy atom. The van der Waals surface area contributed by atoms with E-state index in [1.165, 1.54) is 6.20 Å². The third kappa shape index (κ3) is 3.78. The molecule has 2 heterocycles. The number of hydrogen-bond donors (Lipinski definition) is 1. The van der Waals surface area contributed by atoms with Gasteiger partial charge < -0.3 is 19.5 Å². The predicted octanol–water partition coefficient (Wildman–Crippen LogP) is 3.29. The lowest BCUT2D eigenvalue weighted by molar-refractivity contribution is 0.0695. The van der Waals surface area contributed by atoms with Crippen molar-refractivity contribution in [3.8, 4) is 0 Å². The van der Waals surface area contributed by atoms with Gasteiger partial charge in [-0.2, -0.15) is 0 Å². The molecule has 1 aliphatic rings. The largest absolute Gasteiger partial charge is 0.477 e. The highest BCUT2D eigenvalue weighted by molar-refractivity contribution is 6.31. The van der Waals surface area contributed by atoms with Crippen molar-refractivity contribution in [1.82, 2.24) is 9.47 Å². The van der Waals surface area contributed by atoms with Crippen molar-refractivity contribution in [3.05, 3.63) is 74.8 Å². The first-order valence-corrected chi connectivity index (χ1v) is 10.00. The Bertz CT molecular complexity index is 1190. The van der Waals surface area contributed by atoms with Gasteiger partial charge in [-0.25, -0.2) is 9.18 Å². The van der Waals surface area contributed by atoms with E-state index in [9.17, 15) is 19.1 Å². The topological polar surface area (TPSA) is 65.8 Å². The number of rotatable bonds is 4. The van der Waals surface area contributed by atoms with Crippen LogP contribution in [-0.2, 0) is 6.54 Å². The summed E-state index contributed by atoms with van der Waals surface area (Å²) in [5.74, 6) is -1.88. The van der Waals surface area contributed by atoms with Crippen LogP contribution in [0, 0.1) is 5.82 Å². The first kappa shape index (κ1) is 20.4. The van der Waals surface area contributed by atoms with Crippen molar-refractivity contribution in [2.75, 3.05) is 38.1 Å². The SMILES string of the molecule is CN1CCN(c2cc3c(cc2F)c(=O)c(C(=O)O)cn3Cc2ccccc2Cl)CC1. The maximum absolute atomic E-state index is 15.0. The van der Waals surface area contributed by atoms with Crippen LogP contribution in [0.2, 0.25) is 5.02 Å². The van der Waals surface area contributed by atoms with E-state index in [0.29, 0.717) is 29.3 Å². The molecule has 0 amide bonds. The van der Waals surface area contributed by atoms with E-state index in [1.54, 1.807) is 22.8 Å². The average Bonchev–Trinajstić information content (AvgIpc) is 2.72. The van der Waals surface area contributed by atoms with Crippen molar-refractivity contribution < 1.29 is 14.3 Å². The van der Waals surface area contributed by atoms with Gasteiger partial charge in [-0.3, -0.25) is 4.79 Å². The summed E-state index contributed by atoms with van der Waals surface area (Å²) in [5.41, 5.74) is 0.551. The Morgan fingerprint density at radius 1 is 1.17 bits per heavy atom. The summed E-state index contributed by atoms with van der Waals surface area (Å²) >= 11 is 6.29. The van der Waals surface area contributed by atoms with Gasteiger partial charge in [0.1, 0.15) is 11.4 Å². The van der Waals surface area contributed by atoms with E-state index < -0.39 is 22.8 Å². The van der Waals surface area contributed by atoms with Crippen molar-refractivity contribution in [1.29, 1.82) is 0 Å². The molecule has 8 heteroatoms. The van der Waals surface area contributed by atoms with E-state index in [-0.39, 0.29) is 11.9 Å². The molecular weight excluding hydrogens is 409 g/mol. The molecule has 4 rings (SSSR count). The van der Waals surface area contributed by atoms with Crippen LogP contribution in [0.3, 0.4) is 0 Å². The number of aromatic nitrogens is 1. The molecule has 3 aromatic rings. The zero-order valence-corrected chi connectivity index (χ0v) is 17.2. The smallest absolute Gasteiger partial charge is 0.341 e. The summed E-state index contributed by atoms with van der Waals surface area (Å²) in [6.45, 7) is 3.20. The minimum absolute atomic E-state index is 0.0392. The summed E-state index contributed by atoms with van der Waals surface area (Å²) in [7, 11) is 2.02. The number of piperazine rings is 1. The molecule has 1 aromatic heterocycles. The molecule has 30 heavy (non-hydrogen) atoms. The molecule has 0 radical (unpaired) electrons. The van der Waals surface area contributed by atoms with E-state index in [1.807, 2.05) is 24.1 Å². The maximum atomic E-state index is 15.0. The zero-order valence-electron chi connectivity index (χ0n) is 16.4. The van der Waals surface area contributed by atoms with Crippen LogP contribution in [0.4, 0.5) is 10.1 Å². The fourth-order valence-corrected chi connectivity index (χ4v) is 3.98. The lowest BCUT2D eigenvalue weighted by Crippen LogP contribution is -2.44. The number of carbonyl (C=O) groups is 1. The molecule has 1 fully saturated rings. The molecule has 2 aromatic carbocycles. The van der Waals surface area contributed by atoms with Gasteiger partial charge in [0.05, 0.1) is 11.2 Å². The third-order valence-corrected chi connectivity index (χ3v) is 5.89. The number of hydrogen-bond acceptors (Lipinski definition) is 4. The minimum atomic E-state index is -1.35. The molecule has 1 N–H and O–H groups in total. The second-order valence-electron chi connectivity index (χ2n) is 7.51. The minimum Gasteiger partial charge on any atom is -0.477 e. The Morgan fingerprint density at radius 2 is 1.87 bits per heavy atom. The second kappa shape index (κ2) is 8.08. The van der Waals surface area contributed by atoms with Crippen LogP contribution in [0.1, 0.15) is 15.9 Å². The highest BCUT2D eigenvalue weighted by atomic mass is 35.5. The molecule has 0 aliphatic carbocycles. The number of benzene rings is 2. The van der Waals surface area contributed by atoms with Gasteiger partial charge in [0.15, 0.2) is 0 Å². The van der Waals surface area contributed by atoms with Gasteiger partial charge in [0, 0.05) is 49.3 Å². The summed E-state index contributed by atoms with van der Waals surface area (Å²) in [4.78, 5) is 28.5. The Balaban J connectivity index is 1.90. The van der Waals surface area contributed by atoms with E-state index in [0.717, 1.165) is 24.7 Å². The molecule has 0 bridgehead atoms. The standard InChI is InChI=1S/C22H21ClFN3O3/c1-25-6-8-26(9-7-25)20-11-19-15(10-18(20)24)21(28)16(22(29)30)13-27(19)12-14-4-2-3-5-17(14)23/h2-5,10-11,13H,6-9,12H2,1H3,(H,29,30). The molecule has 156 valence electrons. The molecule has 0 unspecified atom stereocenters. The fraction of sp³-hybridized carbons (Fsp3) is 0.273. The fourth-order valence-electron chi connectivity index (χ4n) is 3.78. The number of pyridine rings is 1. The molecule has 0 saturated carbocycles. The van der Waals surface area contributed by atoms with Crippen molar-refractivity contribution in [2.45, 2.75) is 6.54 Å². The van der Waals surface area contributed by atoms with Crippen LogP contribution in [-0.4, -0.2) is 53.8 Å². The number of carboxylic acids is 1.